The molecular formula is C18H19BrN2O5. The average Bonchev–Trinajstić information content (AvgIpc) is 2.66. The number of hydrazine groups is 1. The Balaban J connectivity index is 2.07. The summed E-state index contributed by atoms with van der Waals surface area (Å²) in [5, 5.41) is 0. The number of rotatable bonds is 6. The molecule has 0 heterocycles. The quantitative estimate of drug-likeness (QED) is 0.698. The van der Waals surface area contributed by atoms with Crippen LogP contribution in [0.3, 0.4) is 0 Å². The molecule has 0 radical (unpaired) electrons. The van der Waals surface area contributed by atoms with E-state index in [1.54, 1.807) is 30.3 Å². The second kappa shape index (κ2) is 9.10. The molecule has 0 fully saturated rings. The van der Waals surface area contributed by atoms with Crippen LogP contribution >= 0.6 is 15.9 Å². The fourth-order valence-corrected chi connectivity index (χ4v) is 2.57. The summed E-state index contributed by atoms with van der Waals surface area (Å²) in [5.74, 6) is 0.527. The van der Waals surface area contributed by atoms with Crippen molar-refractivity contribution in [3.05, 3.63) is 52.0 Å². The summed E-state index contributed by atoms with van der Waals surface area (Å²) in [7, 11) is 2.99. The van der Waals surface area contributed by atoms with Gasteiger partial charge >= 0.3 is 0 Å². The minimum Gasteiger partial charge on any atom is -0.497 e. The molecule has 2 amide bonds. The van der Waals surface area contributed by atoms with Crippen LogP contribution in [0.2, 0.25) is 0 Å². The van der Waals surface area contributed by atoms with Crippen molar-refractivity contribution in [1.29, 1.82) is 0 Å². The van der Waals surface area contributed by atoms with Gasteiger partial charge < -0.3 is 14.2 Å². The molecule has 2 rings (SSSR count). The van der Waals surface area contributed by atoms with Crippen LogP contribution in [0.4, 0.5) is 0 Å². The van der Waals surface area contributed by atoms with Gasteiger partial charge in [0.1, 0.15) is 5.75 Å². The zero-order chi connectivity index (χ0) is 19.1. The van der Waals surface area contributed by atoms with Gasteiger partial charge in [0, 0.05) is 10.0 Å². The Kier molecular flexibility index (Phi) is 6.85. The van der Waals surface area contributed by atoms with Crippen LogP contribution in [0.5, 0.6) is 17.2 Å². The van der Waals surface area contributed by atoms with E-state index >= 15 is 0 Å². The van der Waals surface area contributed by atoms with Gasteiger partial charge in [0.15, 0.2) is 11.5 Å². The molecule has 0 atom stereocenters. The zero-order valence-electron chi connectivity index (χ0n) is 14.6. The lowest BCUT2D eigenvalue weighted by molar-refractivity contribution is 0.0846. The van der Waals surface area contributed by atoms with Crippen LogP contribution in [0.15, 0.2) is 40.9 Å². The molecule has 138 valence electrons. The van der Waals surface area contributed by atoms with Gasteiger partial charge in [-0.25, -0.2) is 0 Å². The average molecular weight is 423 g/mol. The molecule has 26 heavy (non-hydrogen) atoms. The highest BCUT2D eigenvalue weighted by atomic mass is 79.9. The van der Waals surface area contributed by atoms with Crippen molar-refractivity contribution in [2.45, 2.75) is 6.92 Å². The summed E-state index contributed by atoms with van der Waals surface area (Å²) < 4.78 is 16.3. The number of ether oxygens (including phenoxy) is 3. The molecule has 0 unspecified atom stereocenters. The molecule has 7 nitrogen and oxygen atoms in total. The first-order valence-electron chi connectivity index (χ1n) is 7.75. The SMILES string of the molecule is CCOc1ccc(C(=O)NNC(=O)c2cc(OC)ccc2Br)cc1OC. The van der Waals surface area contributed by atoms with Crippen LogP contribution < -0.4 is 25.1 Å². The van der Waals surface area contributed by atoms with E-state index < -0.39 is 11.8 Å². The Morgan fingerprint density at radius 2 is 1.69 bits per heavy atom. The van der Waals surface area contributed by atoms with Crippen molar-refractivity contribution in [2.75, 3.05) is 20.8 Å². The molecule has 0 aromatic heterocycles. The summed E-state index contributed by atoms with van der Waals surface area (Å²) in [5.41, 5.74) is 5.38. The highest BCUT2D eigenvalue weighted by Crippen LogP contribution is 2.28. The zero-order valence-corrected chi connectivity index (χ0v) is 16.2. The smallest absolute Gasteiger partial charge is 0.270 e. The van der Waals surface area contributed by atoms with Gasteiger partial charge in [-0.1, -0.05) is 0 Å². The fourth-order valence-electron chi connectivity index (χ4n) is 2.14. The first kappa shape index (κ1) is 19.6. The van der Waals surface area contributed by atoms with Crippen LogP contribution in [-0.4, -0.2) is 32.6 Å². The van der Waals surface area contributed by atoms with E-state index in [-0.39, 0.29) is 0 Å². The van der Waals surface area contributed by atoms with Gasteiger partial charge in [-0.3, -0.25) is 20.4 Å². The lowest BCUT2D eigenvalue weighted by Gasteiger charge is -2.12. The first-order valence-corrected chi connectivity index (χ1v) is 8.54. The van der Waals surface area contributed by atoms with Gasteiger partial charge in [0.25, 0.3) is 11.8 Å². The normalized spacial score (nSPS) is 10.0. The maximum Gasteiger partial charge on any atom is 0.270 e. The Hall–Kier alpha value is -2.74. The number of benzene rings is 2. The monoisotopic (exact) mass is 422 g/mol. The van der Waals surface area contributed by atoms with Crippen molar-refractivity contribution < 1.29 is 23.8 Å². The molecule has 0 saturated heterocycles. The number of nitrogens with one attached hydrogen (secondary N) is 2. The number of carbonyl (C=O) groups is 2. The van der Waals surface area contributed by atoms with Crippen molar-refractivity contribution in [3.63, 3.8) is 0 Å². The van der Waals surface area contributed by atoms with E-state index in [1.165, 1.54) is 20.3 Å². The topological polar surface area (TPSA) is 85.9 Å². The maximum absolute atomic E-state index is 12.3. The maximum atomic E-state index is 12.3. The second-order valence-corrected chi connectivity index (χ2v) is 5.91. The molecule has 2 aromatic carbocycles. The summed E-state index contributed by atoms with van der Waals surface area (Å²) in [6.07, 6.45) is 0. The number of hydrogen-bond donors (Lipinski definition) is 2. The predicted octanol–water partition coefficient (Wildman–Crippen LogP) is 2.94. The Morgan fingerprint density at radius 1 is 0.962 bits per heavy atom. The van der Waals surface area contributed by atoms with Crippen LogP contribution in [0, 0.1) is 0 Å². The molecule has 0 aliphatic heterocycles. The minimum absolute atomic E-state index is 0.315. The first-order chi connectivity index (χ1) is 12.5. The summed E-state index contributed by atoms with van der Waals surface area (Å²) in [6.45, 7) is 2.33. The number of carbonyl (C=O) groups excluding carboxylic acids is 2. The largest absolute Gasteiger partial charge is 0.497 e. The van der Waals surface area contributed by atoms with Gasteiger partial charge in [-0.15, -0.1) is 0 Å². The van der Waals surface area contributed by atoms with E-state index in [0.29, 0.717) is 39.5 Å². The van der Waals surface area contributed by atoms with Gasteiger partial charge in [-0.05, 0) is 59.3 Å². The molecule has 0 aliphatic carbocycles. The molecule has 8 heteroatoms. The minimum atomic E-state index is -0.487. The third-order valence-electron chi connectivity index (χ3n) is 3.43. The third-order valence-corrected chi connectivity index (χ3v) is 4.12. The number of methoxy groups -OCH3 is 2. The van der Waals surface area contributed by atoms with E-state index in [4.69, 9.17) is 14.2 Å². The lowest BCUT2D eigenvalue weighted by atomic mass is 10.2. The third kappa shape index (κ3) is 4.66. The van der Waals surface area contributed by atoms with Gasteiger partial charge in [-0.2, -0.15) is 0 Å². The van der Waals surface area contributed by atoms with Crippen molar-refractivity contribution in [2.24, 2.45) is 0 Å². The fraction of sp³-hybridized carbons (Fsp3) is 0.222. The molecule has 0 saturated carbocycles. The molecule has 2 N–H and O–H groups in total. The highest BCUT2D eigenvalue weighted by Gasteiger charge is 2.15. The number of hydrogen-bond acceptors (Lipinski definition) is 5. The summed E-state index contributed by atoms with van der Waals surface area (Å²) >= 11 is 3.29. The van der Waals surface area contributed by atoms with Crippen molar-refractivity contribution in [1.82, 2.24) is 10.9 Å². The highest BCUT2D eigenvalue weighted by molar-refractivity contribution is 9.10. The summed E-state index contributed by atoms with van der Waals surface area (Å²) in [4.78, 5) is 24.5. The van der Waals surface area contributed by atoms with E-state index in [2.05, 4.69) is 26.8 Å². The molecule has 0 spiro atoms. The van der Waals surface area contributed by atoms with E-state index in [1.807, 2.05) is 6.92 Å². The van der Waals surface area contributed by atoms with Crippen LogP contribution in [-0.2, 0) is 0 Å². The number of amides is 2. The van der Waals surface area contributed by atoms with Crippen LogP contribution in [0.1, 0.15) is 27.6 Å². The number of halogens is 1. The van der Waals surface area contributed by atoms with Crippen LogP contribution in [0.25, 0.3) is 0 Å². The van der Waals surface area contributed by atoms with Gasteiger partial charge in [0.05, 0.1) is 26.4 Å². The Bertz CT molecular complexity index is 810. The van der Waals surface area contributed by atoms with E-state index in [9.17, 15) is 9.59 Å². The van der Waals surface area contributed by atoms with Crippen molar-refractivity contribution >= 4 is 27.7 Å². The van der Waals surface area contributed by atoms with Crippen molar-refractivity contribution in [3.8, 4) is 17.2 Å². The molecule has 0 bridgehead atoms. The standard InChI is InChI=1S/C18H19BrN2O5/c1-4-26-15-8-5-11(9-16(15)25-3)17(22)20-21-18(23)13-10-12(24-2)6-7-14(13)19/h5-10H,4H2,1-3H3,(H,20,22)(H,21,23). The molecule has 2 aromatic rings. The molecular weight excluding hydrogens is 404 g/mol. The lowest BCUT2D eigenvalue weighted by Crippen LogP contribution is -2.41. The Labute approximate surface area is 159 Å². The molecule has 0 aliphatic rings. The predicted molar refractivity (Wildman–Crippen MR) is 99.8 cm³/mol. The van der Waals surface area contributed by atoms with Gasteiger partial charge in [0.2, 0.25) is 0 Å². The van der Waals surface area contributed by atoms with E-state index in [0.717, 1.165) is 0 Å². The summed E-state index contributed by atoms with van der Waals surface area (Å²) in [6, 6.07) is 9.71. The Morgan fingerprint density at radius 3 is 2.35 bits per heavy atom. The second-order valence-electron chi connectivity index (χ2n) is 5.05.